The normalized spacial score (nSPS) is 12.3. The number of benzene rings is 2. The van der Waals surface area contributed by atoms with Gasteiger partial charge in [0.2, 0.25) is 0 Å². The number of ether oxygens (including phenoxy) is 2. The summed E-state index contributed by atoms with van der Waals surface area (Å²) in [6, 6.07) is 12.4. The lowest BCUT2D eigenvalue weighted by Gasteiger charge is -2.13. The highest BCUT2D eigenvalue weighted by Gasteiger charge is 2.27. The standard InChI is InChI=1S/C27H17F2N3O5/c28-16-1-4-18(5-2-16)32-14-15-8-11-35-24(15)23(27(32)34)26(33)31-17-3-6-21(19(29)13-17)37-22-7-10-30-20-9-12-36-25(20)22/h1-7,9-10,12-14H,8,11H2,(H,31,33). The SMILES string of the molecule is O=C(Nc1ccc(Oc2ccnc3ccoc23)c(F)c1)c1c2c(cn(-c3ccc(F)cc3)c1=O)CCO2. The summed E-state index contributed by atoms with van der Waals surface area (Å²) in [7, 11) is 0. The molecule has 0 unspecified atom stereocenters. The van der Waals surface area contributed by atoms with Crippen molar-refractivity contribution in [1.82, 2.24) is 9.55 Å². The van der Waals surface area contributed by atoms with Gasteiger partial charge in [0.05, 0.1) is 12.9 Å². The molecule has 1 aliphatic heterocycles. The molecule has 0 atom stereocenters. The van der Waals surface area contributed by atoms with Gasteiger partial charge in [0, 0.05) is 54.0 Å². The molecule has 5 aromatic rings. The first kappa shape index (κ1) is 22.5. The molecule has 0 aliphatic carbocycles. The van der Waals surface area contributed by atoms with Crippen molar-refractivity contribution in [1.29, 1.82) is 0 Å². The summed E-state index contributed by atoms with van der Waals surface area (Å²) in [4.78, 5) is 30.6. The van der Waals surface area contributed by atoms with E-state index in [4.69, 9.17) is 13.9 Å². The quantitative estimate of drug-likeness (QED) is 0.354. The second-order valence-corrected chi connectivity index (χ2v) is 8.25. The second kappa shape index (κ2) is 8.90. The van der Waals surface area contributed by atoms with Gasteiger partial charge in [-0.2, -0.15) is 0 Å². The van der Waals surface area contributed by atoms with Crippen LogP contribution in [-0.4, -0.2) is 22.1 Å². The number of anilines is 1. The molecule has 0 fully saturated rings. The maximum absolute atomic E-state index is 14.9. The van der Waals surface area contributed by atoms with Crippen LogP contribution in [0.25, 0.3) is 16.8 Å². The Balaban J connectivity index is 1.30. The Bertz CT molecular complexity index is 1730. The topological polar surface area (TPSA) is 95.6 Å². The number of pyridine rings is 2. The smallest absolute Gasteiger partial charge is 0.271 e. The molecule has 10 heteroatoms. The highest BCUT2D eigenvalue weighted by atomic mass is 19.1. The van der Waals surface area contributed by atoms with Gasteiger partial charge in [-0.3, -0.25) is 19.1 Å². The predicted octanol–water partition coefficient (Wildman–Crippen LogP) is 5.24. The van der Waals surface area contributed by atoms with E-state index in [0.29, 0.717) is 35.4 Å². The van der Waals surface area contributed by atoms with Crippen molar-refractivity contribution >= 4 is 22.7 Å². The van der Waals surface area contributed by atoms with Crippen molar-refractivity contribution in [3.05, 3.63) is 106 Å². The van der Waals surface area contributed by atoms with Gasteiger partial charge in [-0.05, 0) is 36.4 Å². The molecule has 0 saturated carbocycles. The van der Waals surface area contributed by atoms with E-state index in [1.807, 2.05) is 0 Å². The predicted molar refractivity (Wildman–Crippen MR) is 130 cm³/mol. The van der Waals surface area contributed by atoms with Crippen LogP contribution in [-0.2, 0) is 6.42 Å². The van der Waals surface area contributed by atoms with Crippen LogP contribution in [0.5, 0.6) is 17.2 Å². The van der Waals surface area contributed by atoms with Gasteiger partial charge in [-0.15, -0.1) is 0 Å². The molecule has 1 aliphatic rings. The Kier molecular flexibility index (Phi) is 5.41. The van der Waals surface area contributed by atoms with Gasteiger partial charge in [0.1, 0.15) is 22.6 Å². The minimum absolute atomic E-state index is 0.0931. The summed E-state index contributed by atoms with van der Waals surface area (Å²) in [6.07, 6.45) is 5.04. The van der Waals surface area contributed by atoms with Crippen LogP contribution in [0.3, 0.4) is 0 Å². The Morgan fingerprint density at radius 3 is 2.70 bits per heavy atom. The third-order valence-electron chi connectivity index (χ3n) is 5.90. The van der Waals surface area contributed by atoms with E-state index in [1.165, 1.54) is 53.4 Å². The third-order valence-corrected chi connectivity index (χ3v) is 5.90. The van der Waals surface area contributed by atoms with Crippen molar-refractivity contribution in [3.63, 3.8) is 0 Å². The Hall–Kier alpha value is -4.99. The molecule has 37 heavy (non-hydrogen) atoms. The Morgan fingerprint density at radius 1 is 1.05 bits per heavy atom. The van der Waals surface area contributed by atoms with Crippen LogP contribution in [0.4, 0.5) is 14.5 Å². The minimum atomic E-state index is -0.765. The number of nitrogens with one attached hydrogen (secondary N) is 1. The number of rotatable bonds is 5. The van der Waals surface area contributed by atoms with E-state index >= 15 is 0 Å². The van der Waals surface area contributed by atoms with Gasteiger partial charge in [0.15, 0.2) is 22.9 Å². The first-order valence-electron chi connectivity index (χ1n) is 11.3. The highest BCUT2D eigenvalue weighted by molar-refractivity contribution is 6.06. The molecule has 4 heterocycles. The van der Waals surface area contributed by atoms with Crippen molar-refractivity contribution in [2.24, 2.45) is 0 Å². The molecule has 0 saturated heterocycles. The van der Waals surface area contributed by atoms with Crippen LogP contribution in [0, 0.1) is 11.6 Å². The molecule has 1 N–H and O–H groups in total. The third kappa shape index (κ3) is 4.08. The molecule has 8 nitrogen and oxygen atoms in total. The fraction of sp³-hybridized carbons (Fsp3) is 0.0741. The Morgan fingerprint density at radius 2 is 1.89 bits per heavy atom. The lowest BCUT2D eigenvalue weighted by molar-refractivity contribution is 0.102. The average Bonchev–Trinajstić information content (AvgIpc) is 3.56. The molecule has 0 spiro atoms. The Labute approximate surface area is 207 Å². The van der Waals surface area contributed by atoms with Crippen LogP contribution in [0.2, 0.25) is 0 Å². The number of furan rings is 1. The zero-order valence-electron chi connectivity index (χ0n) is 19.0. The number of halogens is 2. The van der Waals surface area contributed by atoms with Crippen LogP contribution >= 0.6 is 0 Å². The van der Waals surface area contributed by atoms with Gasteiger partial charge < -0.3 is 19.2 Å². The average molecular weight is 501 g/mol. The number of carbonyl (C=O) groups is 1. The van der Waals surface area contributed by atoms with Gasteiger partial charge in [0.25, 0.3) is 11.5 Å². The van der Waals surface area contributed by atoms with E-state index < -0.39 is 23.1 Å². The van der Waals surface area contributed by atoms with E-state index in [2.05, 4.69) is 10.3 Å². The maximum atomic E-state index is 14.9. The number of amides is 1. The van der Waals surface area contributed by atoms with Crippen molar-refractivity contribution < 1.29 is 27.5 Å². The van der Waals surface area contributed by atoms with E-state index in [0.717, 1.165) is 6.07 Å². The fourth-order valence-electron chi connectivity index (χ4n) is 4.15. The molecular formula is C27H17F2N3O5. The fourth-order valence-corrected chi connectivity index (χ4v) is 4.15. The van der Waals surface area contributed by atoms with Crippen molar-refractivity contribution in [2.45, 2.75) is 6.42 Å². The molecule has 0 radical (unpaired) electrons. The van der Waals surface area contributed by atoms with Crippen LogP contribution in [0.1, 0.15) is 15.9 Å². The zero-order valence-corrected chi connectivity index (χ0v) is 19.0. The number of carbonyl (C=O) groups excluding carboxylic acids is 1. The number of aromatic nitrogens is 2. The lowest BCUT2D eigenvalue weighted by atomic mass is 10.1. The van der Waals surface area contributed by atoms with Crippen LogP contribution < -0.4 is 20.3 Å². The molecule has 1 amide bonds. The maximum Gasteiger partial charge on any atom is 0.271 e. The largest absolute Gasteiger partial charge is 0.492 e. The molecule has 6 rings (SSSR count). The first-order valence-corrected chi connectivity index (χ1v) is 11.3. The molecule has 184 valence electrons. The van der Waals surface area contributed by atoms with Gasteiger partial charge in [-0.1, -0.05) is 0 Å². The van der Waals surface area contributed by atoms with Crippen molar-refractivity contribution in [3.8, 4) is 22.9 Å². The zero-order chi connectivity index (χ0) is 25.5. The first-order chi connectivity index (χ1) is 18.0. The minimum Gasteiger partial charge on any atom is -0.492 e. The molecule has 3 aromatic heterocycles. The van der Waals surface area contributed by atoms with E-state index in [9.17, 15) is 18.4 Å². The highest BCUT2D eigenvalue weighted by Crippen LogP contribution is 2.33. The number of nitrogens with zero attached hydrogens (tertiary/aromatic N) is 2. The number of hydrogen-bond donors (Lipinski definition) is 1. The lowest BCUT2D eigenvalue weighted by Crippen LogP contribution is -2.29. The van der Waals surface area contributed by atoms with Crippen molar-refractivity contribution in [2.75, 3.05) is 11.9 Å². The van der Waals surface area contributed by atoms with Gasteiger partial charge in [-0.25, -0.2) is 8.78 Å². The molecule has 2 aromatic carbocycles. The summed E-state index contributed by atoms with van der Waals surface area (Å²) in [5, 5.41) is 2.56. The molecule has 0 bridgehead atoms. The summed E-state index contributed by atoms with van der Waals surface area (Å²) >= 11 is 0. The number of fused-ring (bicyclic) bond motifs is 2. The van der Waals surface area contributed by atoms with Crippen LogP contribution in [0.15, 0.2) is 82.5 Å². The molecular weight excluding hydrogens is 484 g/mol. The summed E-state index contributed by atoms with van der Waals surface area (Å²) in [5.41, 5.74) is 1.22. The van der Waals surface area contributed by atoms with E-state index in [1.54, 1.807) is 18.3 Å². The summed E-state index contributed by atoms with van der Waals surface area (Å²) in [5.74, 6) is -1.59. The van der Waals surface area contributed by atoms with Gasteiger partial charge >= 0.3 is 0 Å². The summed E-state index contributed by atoms with van der Waals surface area (Å²) in [6.45, 7) is 0.307. The second-order valence-electron chi connectivity index (χ2n) is 8.25. The van der Waals surface area contributed by atoms with E-state index in [-0.39, 0.29) is 28.5 Å². The monoisotopic (exact) mass is 501 g/mol. The summed E-state index contributed by atoms with van der Waals surface area (Å²) < 4.78 is 46.1. The number of hydrogen-bond acceptors (Lipinski definition) is 6.